The molecule has 2 N–H and O–H groups in total. The Morgan fingerprint density at radius 3 is 2.67 bits per heavy atom. The van der Waals surface area contributed by atoms with E-state index >= 15 is 0 Å². The number of hydrogen-bond donors (Lipinski definition) is 1. The Kier molecular flexibility index (Phi) is 3.35. The Labute approximate surface area is 127 Å². The molecule has 3 aromatic rings. The summed E-state index contributed by atoms with van der Waals surface area (Å²) in [5.74, 6) is 0.609. The van der Waals surface area contributed by atoms with Crippen LogP contribution in [0.2, 0.25) is 5.02 Å². The van der Waals surface area contributed by atoms with Crippen molar-refractivity contribution in [3.05, 3.63) is 52.5 Å². The first-order valence-corrected chi connectivity index (χ1v) is 6.85. The van der Waals surface area contributed by atoms with Crippen LogP contribution in [0.25, 0.3) is 17.1 Å². The van der Waals surface area contributed by atoms with Crippen molar-refractivity contribution >= 4 is 17.3 Å². The maximum absolute atomic E-state index is 6.06. The third-order valence-corrected chi connectivity index (χ3v) is 3.46. The molecule has 0 radical (unpaired) electrons. The minimum absolute atomic E-state index is 0.556. The van der Waals surface area contributed by atoms with E-state index in [0.717, 1.165) is 22.4 Å². The highest BCUT2D eigenvalue weighted by atomic mass is 35.5. The molecule has 2 aromatic carbocycles. The molecule has 0 unspecified atom stereocenters. The van der Waals surface area contributed by atoms with Crippen molar-refractivity contribution in [1.82, 2.24) is 20.2 Å². The van der Waals surface area contributed by atoms with Gasteiger partial charge in [0, 0.05) is 16.3 Å². The molecule has 3 rings (SSSR count). The lowest BCUT2D eigenvalue weighted by Gasteiger charge is -2.09. The Balaban J connectivity index is 2.19. The fourth-order valence-electron chi connectivity index (χ4n) is 2.22. The molecule has 0 aliphatic carbocycles. The summed E-state index contributed by atoms with van der Waals surface area (Å²) in [7, 11) is 0. The van der Waals surface area contributed by atoms with Crippen molar-refractivity contribution in [2.75, 3.05) is 5.73 Å². The van der Waals surface area contributed by atoms with E-state index < -0.39 is 0 Å². The molecule has 1 aromatic heterocycles. The summed E-state index contributed by atoms with van der Waals surface area (Å²) in [5, 5.41) is 12.5. The van der Waals surface area contributed by atoms with Crippen molar-refractivity contribution in [2.24, 2.45) is 0 Å². The van der Waals surface area contributed by atoms with Gasteiger partial charge in [0.1, 0.15) is 0 Å². The molecule has 21 heavy (non-hydrogen) atoms. The molecule has 0 saturated carbocycles. The van der Waals surface area contributed by atoms with E-state index in [2.05, 4.69) is 21.6 Å². The largest absolute Gasteiger partial charge is 0.399 e. The summed E-state index contributed by atoms with van der Waals surface area (Å²) in [4.78, 5) is 0. The fraction of sp³-hybridized carbons (Fsp3) is 0.133. The third kappa shape index (κ3) is 2.60. The zero-order valence-corrected chi connectivity index (χ0v) is 12.5. The zero-order valence-electron chi connectivity index (χ0n) is 11.7. The van der Waals surface area contributed by atoms with Crippen LogP contribution in [0.15, 0.2) is 36.4 Å². The number of aromatic nitrogens is 4. The molecule has 0 spiro atoms. The number of anilines is 1. The molecular weight excluding hydrogens is 286 g/mol. The Morgan fingerprint density at radius 2 is 1.90 bits per heavy atom. The summed E-state index contributed by atoms with van der Waals surface area (Å²) < 4.78 is 1.70. The second-order valence-corrected chi connectivity index (χ2v) is 5.41. The molecule has 1 heterocycles. The standard InChI is InChI=1S/C15H14ClN5/c1-9-3-4-10(2)14(5-9)21-15(18-19-20-21)11-6-12(16)8-13(17)7-11/h3-8H,17H2,1-2H3. The van der Waals surface area contributed by atoms with Crippen LogP contribution in [0.1, 0.15) is 11.1 Å². The normalized spacial score (nSPS) is 10.8. The Bertz CT molecular complexity index is 789. The van der Waals surface area contributed by atoms with E-state index in [4.69, 9.17) is 17.3 Å². The van der Waals surface area contributed by atoms with Crippen LogP contribution >= 0.6 is 11.6 Å². The van der Waals surface area contributed by atoms with Crippen molar-refractivity contribution in [3.8, 4) is 17.1 Å². The number of nitrogens with two attached hydrogens (primary N) is 1. The maximum Gasteiger partial charge on any atom is 0.187 e. The van der Waals surface area contributed by atoms with Crippen LogP contribution in [0, 0.1) is 13.8 Å². The number of rotatable bonds is 2. The number of aryl methyl sites for hydroxylation is 2. The lowest BCUT2D eigenvalue weighted by molar-refractivity contribution is 0.787. The maximum atomic E-state index is 6.06. The summed E-state index contributed by atoms with van der Waals surface area (Å²) in [5.41, 5.74) is 10.4. The average molecular weight is 300 g/mol. The van der Waals surface area contributed by atoms with Gasteiger partial charge in [0.15, 0.2) is 5.82 Å². The molecule has 0 atom stereocenters. The predicted molar refractivity (Wildman–Crippen MR) is 83.5 cm³/mol. The van der Waals surface area contributed by atoms with Crippen LogP contribution in [0.5, 0.6) is 0 Å². The number of benzene rings is 2. The van der Waals surface area contributed by atoms with E-state index in [9.17, 15) is 0 Å². The van der Waals surface area contributed by atoms with Gasteiger partial charge in [-0.2, -0.15) is 4.68 Å². The second-order valence-electron chi connectivity index (χ2n) is 4.98. The van der Waals surface area contributed by atoms with Crippen LogP contribution in [0.3, 0.4) is 0 Å². The van der Waals surface area contributed by atoms with E-state index in [1.165, 1.54) is 0 Å². The van der Waals surface area contributed by atoms with Crippen molar-refractivity contribution in [3.63, 3.8) is 0 Å². The van der Waals surface area contributed by atoms with Gasteiger partial charge >= 0.3 is 0 Å². The van der Waals surface area contributed by atoms with E-state index in [1.54, 1.807) is 22.9 Å². The van der Waals surface area contributed by atoms with Crippen molar-refractivity contribution < 1.29 is 0 Å². The summed E-state index contributed by atoms with van der Waals surface area (Å²) in [6.45, 7) is 4.05. The second kappa shape index (κ2) is 5.18. The number of hydrogen-bond acceptors (Lipinski definition) is 4. The minimum atomic E-state index is 0.556. The lowest BCUT2D eigenvalue weighted by atomic mass is 10.1. The quantitative estimate of drug-likeness (QED) is 0.738. The molecule has 0 bridgehead atoms. The van der Waals surface area contributed by atoms with Gasteiger partial charge in [-0.05, 0) is 59.7 Å². The molecule has 0 aliphatic rings. The molecule has 0 aliphatic heterocycles. The predicted octanol–water partition coefficient (Wildman–Crippen LogP) is 3.18. The third-order valence-electron chi connectivity index (χ3n) is 3.24. The first-order valence-electron chi connectivity index (χ1n) is 6.47. The van der Waals surface area contributed by atoms with Gasteiger partial charge in [-0.15, -0.1) is 5.10 Å². The Morgan fingerprint density at radius 1 is 1.10 bits per heavy atom. The van der Waals surface area contributed by atoms with Crippen molar-refractivity contribution in [1.29, 1.82) is 0 Å². The van der Waals surface area contributed by atoms with Gasteiger partial charge in [-0.1, -0.05) is 23.7 Å². The monoisotopic (exact) mass is 299 g/mol. The van der Waals surface area contributed by atoms with Gasteiger partial charge in [0.25, 0.3) is 0 Å². The zero-order chi connectivity index (χ0) is 15.0. The van der Waals surface area contributed by atoms with Crippen LogP contribution < -0.4 is 5.73 Å². The highest BCUT2D eigenvalue weighted by molar-refractivity contribution is 6.31. The first kappa shape index (κ1) is 13.6. The number of nitrogen functional groups attached to an aromatic ring is 1. The Hall–Kier alpha value is -2.40. The molecule has 6 heteroatoms. The van der Waals surface area contributed by atoms with Gasteiger partial charge in [-0.3, -0.25) is 0 Å². The number of tetrazole rings is 1. The molecule has 0 saturated heterocycles. The molecular formula is C15H14ClN5. The van der Waals surface area contributed by atoms with Gasteiger partial charge in [0.05, 0.1) is 5.69 Å². The van der Waals surface area contributed by atoms with Crippen LogP contribution in [0.4, 0.5) is 5.69 Å². The topological polar surface area (TPSA) is 69.6 Å². The molecule has 106 valence electrons. The van der Waals surface area contributed by atoms with E-state index in [1.807, 2.05) is 26.0 Å². The summed E-state index contributed by atoms with van der Waals surface area (Å²) in [6.07, 6.45) is 0. The summed E-state index contributed by atoms with van der Waals surface area (Å²) in [6, 6.07) is 11.4. The lowest BCUT2D eigenvalue weighted by Crippen LogP contribution is -2.03. The smallest absolute Gasteiger partial charge is 0.187 e. The van der Waals surface area contributed by atoms with E-state index in [-0.39, 0.29) is 0 Å². The fourth-order valence-corrected chi connectivity index (χ4v) is 2.46. The highest BCUT2D eigenvalue weighted by Crippen LogP contribution is 2.26. The van der Waals surface area contributed by atoms with Crippen molar-refractivity contribution in [2.45, 2.75) is 13.8 Å². The summed E-state index contributed by atoms with van der Waals surface area (Å²) >= 11 is 6.06. The van der Waals surface area contributed by atoms with Gasteiger partial charge < -0.3 is 5.73 Å². The molecule has 5 nitrogen and oxygen atoms in total. The average Bonchev–Trinajstić information content (AvgIpc) is 2.89. The number of halogens is 1. The van der Waals surface area contributed by atoms with Crippen LogP contribution in [-0.4, -0.2) is 20.2 Å². The SMILES string of the molecule is Cc1ccc(C)c(-n2nnnc2-c2cc(N)cc(Cl)c2)c1. The minimum Gasteiger partial charge on any atom is -0.399 e. The van der Waals surface area contributed by atoms with Crippen LogP contribution in [-0.2, 0) is 0 Å². The number of nitrogens with zero attached hydrogens (tertiary/aromatic N) is 4. The van der Waals surface area contributed by atoms with Gasteiger partial charge in [0.2, 0.25) is 0 Å². The first-order chi connectivity index (χ1) is 10.0. The molecule has 0 amide bonds. The molecule has 0 fully saturated rings. The van der Waals surface area contributed by atoms with E-state index in [0.29, 0.717) is 16.5 Å². The van der Waals surface area contributed by atoms with Gasteiger partial charge in [-0.25, -0.2) is 0 Å². The highest BCUT2D eigenvalue weighted by Gasteiger charge is 2.13.